The van der Waals surface area contributed by atoms with Crippen LogP contribution >= 0.6 is 0 Å². The Morgan fingerprint density at radius 2 is 2.04 bits per heavy atom. The van der Waals surface area contributed by atoms with Gasteiger partial charge in [0.2, 0.25) is 11.8 Å². The Bertz CT molecular complexity index is 596. The minimum atomic E-state index is -0.390. The van der Waals surface area contributed by atoms with Crippen LogP contribution in [0.3, 0.4) is 0 Å². The summed E-state index contributed by atoms with van der Waals surface area (Å²) in [5.41, 5.74) is 1.80. The normalized spacial score (nSPS) is 23.8. The van der Waals surface area contributed by atoms with Gasteiger partial charge in [0.05, 0.1) is 12.5 Å². The van der Waals surface area contributed by atoms with Crippen LogP contribution in [0.4, 0.5) is 0 Å². The number of hydrogen-bond donors (Lipinski definition) is 0. The average Bonchev–Trinajstić information content (AvgIpc) is 3.26. The van der Waals surface area contributed by atoms with E-state index in [0.717, 1.165) is 37.2 Å². The number of aromatic nitrogens is 1. The Morgan fingerprint density at radius 3 is 2.67 bits per heavy atom. The standard InChI is InChI=1S/C18H25N3O3/c1-13-5-6-14(11-19-13)9-17(22)21-12-15(24-2)10-16(21)18(23)20-7-3-4-8-20/h5-6,11,15-16H,3-4,7-10,12H2,1-2H3/t15-,16-/m0/s1. The molecule has 0 radical (unpaired) electrons. The monoisotopic (exact) mass is 331 g/mol. The fourth-order valence-electron chi connectivity index (χ4n) is 3.51. The van der Waals surface area contributed by atoms with Gasteiger partial charge >= 0.3 is 0 Å². The van der Waals surface area contributed by atoms with Crippen LogP contribution in [-0.2, 0) is 20.7 Å². The lowest BCUT2D eigenvalue weighted by atomic mass is 10.1. The molecule has 3 heterocycles. The van der Waals surface area contributed by atoms with E-state index in [0.29, 0.717) is 13.0 Å². The van der Waals surface area contributed by atoms with E-state index in [1.165, 1.54) is 0 Å². The zero-order valence-electron chi connectivity index (χ0n) is 14.4. The van der Waals surface area contributed by atoms with Crippen molar-refractivity contribution >= 4 is 11.8 Å². The fourth-order valence-corrected chi connectivity index (χ4v) is 3.51. The summed E-state index contributed by atoms with van der Waals surface area (Å²) < 4.78 is 5.42. The second-order valence-electron chi connectivity index (χ2n) is 6.67. The summed E-state index contributed by atoms with van der Waals surface area (Å²) in [6.45, 7) is 4.01. The highest BCUT2D eigenvalue weighted by atomic mass is 16.5. The quantitative estimate of drug-likeness (QED) is 0.831. The Morgan fingerprint density at radius 1 is 1.29 bits per heavy atom. The first-order valence-corrected chi connectivity index (χ1v) is 8.61. The smallest absolute Gasteiger partial charge is 0.245 e. The van der Waals surface area contributed by atoms with Crippen LogP contribution in [0.5, 0.6) is 0 Å². The van der Waals surface area contributed by atoms with Crippen LogP contribution in [0.25, 0.3) is 0 Å². The number of ether oxygens (including phenoxy) is 1. The van der Waals surface area contributed by atoms with Gasteiger partial charge in [-0.3, -0.25) is 14.6 Å². The zero-order valence-corrected chi connectivity index (χ0v) is 14.4. The van der Waals surface area contributed by atoms with E-state index in [-0.39, 0.29) is 30.4 Å². The molecule has 0 aromatic carbocycles. The first-order valence-electron chi connectivity index (χ1n) is 8.61. The van der Waals surface area contributed by atoms with Gasteiger partial charge < -0.3 is 14.5 Å². The lowest BCUT2D eigenvalue weighted by Gasteiger charge is -2.27. The summed E-state index contributed by atoms with van der Waals surface area (Å²) in [6, 6.07) is 3.43. The molecule has 0 saturated carbocycles. The third kappa shape index (κ3) is 3.59. The Balaban J connectivity index is 1.71. The largest absolute Gasteiger partial charge is 0.380 e. The maximum Gasteiger partial charge on any atom is 0.245 e. The van der Waals surface area contributed by atoms with Crippen molar-refractivity contribution in [1.82, 2.24) is 14.8 Å². The Kier molecular flexibility index (Phi) is 5.14. The number of pyridine rings is 1. The molecule has 0 unspecified atom stereocenters. The number of carbonyl (C=O) groups excluding carboxylic acids is 2. The van der Waals surface area contributed by atoms with Gasteiger partial charge in [-0.2, -0.15) is 0 Å². The van der Waals surface area contributed by atoms with Gasteiger partial charge in [-0.1, -0.05) is 6.07 Å². The van der Waals surface area contributed by atoms with Crippen molar-refractivity contribution < 1.29 is 14.3 Å². The van der Waals surface area contributed by atoms with Crippen molar-refractivity contribution in [2.75, 3.05) is 26.7 Å². The van der Waals surface area contributed by atoms with Crippen LogP contribution in [-0.4, -0.2) is 65.5 Å². The number of carbonyl (C=O) groups is 2. The average molecular weight is 331 g/mol. The number of hydrogen-bond acceptors (Lipinski definition) is 4. The first-order chi connectivity index (χ1) is 11.6. The van der Waals surface area contributed by atoms with Crippen LogP contribution in [0, 0.1) is 6.92 Å². The molecule has 2 aliphatic heterocycles. The molecule has 2 atom stereocenters. The molecular formula is C18H25N3O3. The number of nitrogens with zero attached hydrogens (tertiary/aromatic N) is 3. The first kappa shape index (κ1) is 16.9. The van der Waals surface area contributed by atoms with Crippen molar-refractivity contribution in [3.8, 4) is 0 Å². The fraction of sp³-hybridized carbons (Fsp3) is 0.611. The third-order valence-electron chi connectivity index (χ3n) is 4.95. The van der Waals surface area contributed by atoms with Crippen LogP contribution in [0.15, 0.2) is 18.3 Å². The van der Waals surface area contributed by atoms with E-state index >= 15 is 0 Å². The summed E-state index contributed by atoms with van der Waals surface area (Å²) in [5.74, 6) is 0.0418. The van der Waals surface area contributed by atoms with E-state index in [1.54, 1.807) is 18.2 Å². The molecule has 3 rings (SSSR count). The van der Waals surface area contributed by atoms with Crippen molar-refractivity contribution in [1.29, 1.82) is 0 Å². The van der Waals surface area contributed by atoms with E-state index < -0.39 is 0 Å². The number of methoxy groups -OCH3 is 1. The zero-order chi connectivity index (χ0) is 17.1. The van der Waals surface area contributed by atoms with Gasteiger partial charge in [-0.05, 0) is 31.4 Å². The number of amides is 2. The molecule has 0 spiro atoms. The lowest BCUT2D eigenvalue weighted by molar-refractivity contribution is -0.142. The molecule has 1 aromatic heterocycles. The summed E-state index contributed by atoms with van der Waals surface area (Å²) in [5, 5.41) is 0. The Hall–Kier alpha value is -1.95. The molecule has 0 aliphatic carbocycles. The number of aryl methyl sites for hydroxylation is 1. The molecule has 130 valence electrons. The molecule has 2 aliphatic rings. The van der Waals surface area contributed by atoms with E-state index in [1.807, 2.05) is 24.0 Å². The second-order valence-corrected chi connectivity index (χ2v) is 6.67. The Labute approximate surface area is 142 Å². The second kappa shape index (κ2) is 7.30. The highest BCUT2D eigenvalue weighted by molar-refractivity contribution is 5.89. The molecule has 6 nitrogen and oxygen atoms in total. The number of rotatable bonds is 4. The maximum atomic E-state index is 12.8. The van der Waals surface area contributed by atoms with Gasteiger partial charge in [0.15, 0.2) is 0 Å². The van der Waals surface area contributed by atoms with E-state index in [2.05, 4.69) is 4.98 Å². The minimum absolute atomic E-state index is 0.0299. The summed E-state index contributed by atoms with van der Waals surface area (Å²) in [7, 11) is 1.64. The molecule has 2 fully saturated rings. The third-order valence-corrected chi connectivity index (χ3v) is 4.95. The van der Waals surface area contributed by atoms with Crippen molar-refractivity contribution in [3.05, 3.63) is 29.6 Å². The van der Waals surface area contributed by atoms with Gasteiger partial charge in [0.25, 0.3) is 0 Å². The summed E-state index contributed by atoms with van der Waals surface area (Å²) in [6.07, 6.45) is 4.62. The van der Waals surface area contributed by atoms with E-state index in [9.17, 15) is 9.59 Å². The molecule has 0 N–H and O–H groups in total. The summed E-state index contributed by atoms with van der Waals surface area (Å²) >= 11 is 0. The van der Waals surface area contributed by atoms with E-state index in [4.69, 9.17) is 4.74 Å². The summed E-state index contributed by atoms with van der Waals surface area (Å²) in [4.78, 5) is 33.4. The van der Waals surface area contributed by atoms with Gasteiger partial charge in [-0.15, -0.1) is 0 Å². The van der Waals surface area contributed by atoms with Crippen molar-refractivity contribution in [3.63, 3.8) is 0 Å². The molecule has 0 bridgehead atoms. The van der Waals surface area contributed by atoms with Crippen LogP contribution in [0.1, 0.15) is 30.5 Å². The van der Waals surface area contributed by atoms with Crippen molar-refractivity contribution in [2.45, 2.75) is 44.8 Å². The topological polar surface area (TPSA) is 62.7 Å². The molecule has 6 heteroatoms. The van der Waals surface area contributed by atoms with Gasteiger partial charge in [0.1, 0.15) is 6.04 Å². The molecular weight excluding hydrogens is 306 g/mol. The predicted octanol–water partition coefficient (Wildman–Crippen LogP) is 1.17. The van der Waals surface area contributed by atoms with Gasteiger partial charge in [-0.25, -0.2) is 0 Å². The van der Waals surface area contributed by atoms with Crippen LogP contribution in [0.2, 0.25) is 0 Å². The lowest BCUT2D eigenvalue weighted by Crippen LogP contribution is -2.47. The maximum absolute atomic E-state index is 12.8. The highest BCUT2D eigenvalue weighted by Gasteiger charge is 2.41. The molecule has 24 heavy (non-hydrogen) atoms. The number of likely N-dealkylation sites (tertiary alicyclic amines) is 2. The molecule has 2 saturated heterocycles. The minimum Gasteiger partial charge on any atom is -0.380 e. The highest BCUT2D eigenvalue weighted by Crippen LogP contribution is 2.24. The SMILES string of the molecule is CO[C@H]1C[C@@H](C(=O)N2CCCC2)N(C(=O)Cc2ccc(C)nc2)C1. The molecule has 2 amide bonds. The van der Waals surface area contributed by atoms with Crippen molar-refractivity contribution in [2.24, 2.45) is 0 Å². The predicted molar refractivity (Wildman–Crippen MR) is 89.4 cm³/mol. The van der Waals surface area contributed by atoms with Gasteiger partial charge in [0, 0.05) is 45.1 Å². The van der Waals surface area contributed by atoms with Crippen LogP contribution < -0.4 is 0 Å². The molecule has 1 aromatic rings.